The molecule has 1 saturated heterocycles. The van der Waals surface area contributed by atoms with Crippen LogP contribution in [0.3, 0.4) is 0 Å². The van der Waals surface area contributed by atoms with Gasteiger partial charge < -0.3 is 10.6 Å². The molecule has 3 rings (SSSR count). The van der Waals surface area contributed by atoms with Crippen LogP contribution in [0.4, 0.5) is 4.39 Å². The first-order chi connectivity index (χ1) is 12.1. The molecule has 1 atom stereocenters. The summed E-state index contributed by atoms with van der Waals surface area (Å²) in [6, 6.07) is 16.7. The molecule has 1 amide bonds. The van der Waals surface area contributed by atoms with E-state index in [1.165, 1.54) is 11.6 Å². The molecule has 25 heavy (non-hydrogen) atoms. The molecular weight excluding hydrogens is 315 g/mol. The second kappa shape index (κ2) is 8.26. The van der Waals surface area contributed by atoms with E-state index < -0.39 is 0 Å². The maximum absolute atomic E-state index is 13.7. The van der Waals surface area contributed by atoms with Crippen molar-refractivity contribution in [3.63, 3.8) is 0 Å². The Morgan fingerprint density at radius 2 is 1.72 bits per heavy atom. The summed E-state index contributed by atoms with van der Waals surface area (Å²) in [5, 5.41) is 0. The van der Waals surface area contributed by atoms with E-state index in [2.05, 4.69) is 24.3 Å². The molecule has 4 heteroatoms. The number of benzene rings is 2. The van der Waals surface area contributed by atoms with Gasteiger partial charge in [0.2, 0.25) is 5.91 Å². The highest BCUT2D eigenvalue weighted by atomic mass is 19.1. The standard InChI is InChI=1S/C21H25FN2O/c22-20-9-5-4-8-18(20)14-19(23)15-21(25)24-12-10-17(11-13-24)16-6-2-1-3-7-16/h1-9,17,19H,10-15,23H2/t19-/m1/s1. The Balaban J connectivity index is 1.48. The summed E-state index contributed by atoms with van der Waals surface area (Å²) in [5.74, 6) is 0.349. The number of halogens is 1. The predicted octanol–water partition coefficient (Wildman–Crippen LogP) is 3.49. The number of piperidine rings is 1. The van der Waals surface area contributed by atoms with Crippen molar-refractivity contribution >= 4 is 5.91 Å². The number of carbonyl (C=O) groups excluding carboxylic acids is 1. The maximum atomic E-state index is 13.7. The van der Waals surface area contributed by atoms with Crippen molar-refractivity contribution in [2.45, 2.75) is 37.6 Å². The van der Waals surface area contributed by atoms with Crippen LogP contribution in [0.2, 0.25) is 0 Å². The maximum Gasteiger partial charge on any atom is 0.224 e. The highest BCUT2D eigenvalue weighted by molar-refractivity contribution is 5.77. The summed E-state index contributed by atoms with van der Waals surface area (Å²) in [4.78, 5) is 14.4. The summed E-state index contributed by atoms with van der Waals surface area (Å²) in [5.41, 5.74) is 8.01. The zero-order valence-corrected chi connectivity index (χ0v) is 14.4. The first-order valence-electron chi connectivity index (χ1n) is 8.95. The number of nitrogens with two attached hydrogens (primary N) is 1. The van der Waals surface area contributed by atoms with Crippen molar-refractivity contribution < 1.29 is 9.18 Å². The average molecular weight is 340 g/mol. The van der Waals surface area contributed by atoms with Gasteiger partial charge in [0.25, 0.3) is 0 Å². The molecule has 0 radical (unpaired) electrons. The van der Waals surface area contributed by atoms with E-state index in [0.717, 1.165) is 25.9 Å². The van der Waals surface area contributed by atoms with Gasteiger partial charge in [0, 0.05) is 25.6 Å². The van der Waals surface area contributed by atoms with E-state index in [4.69, 9.17) is 5.73 Å². The van der Waals surface area contributed by atoms with E-state index in [1.54, 1.807) is 18.2 Å². The first-order valence-corrected chi connectivity index (χ1v) is 8.95. The minimum Gasteiger partial charge on any atom is -0.343 e. The van der Waals surface area contributed by atoms with Crippen molar-refractivity contribution in [2.75, 3.05) is 13.1 Å². The largest absolute Gasteiger partial charge is 0.343 e. The van der Waals surface area contributed by atoms with Crippen LogP contribution in [0.5, 0.6) is 0 Å². The molecule has 0 aliphatic carbocycles. The highest BCUT2D eigenvalue weighted by Crippen LogP contribution is 2.28. The Kier molecular flexibility index (Phi) is 5.82. The van der Waals surface area contributed by atoms with Gasteiger partial charge in [-0.1, -0.05) is 48.5 Å². The van der Waals surface area contributed by atoms with Crippen LogP contribution in [0, 0.1) is 5.82 Å². The first kappa shape index (κ1) is 17.6. The van der Waals surface area contributed by atoms with Gasteiger partial charge in [0.15, 0.2) is 0 Å². The van der Waals surface area contributed by atoms with Gasteiger partial charge >= 0.3 is 0 Å². The Bertz CT molecular complexity index is 696. The molecule has 1 fully saturated rings. The second-order valence-corrected chi connectivity index (χ2v) is 6.83. The highest BCUT2D eigenvalue weighted by Gasteiger charge is 2.24. The molecule has 1 aliphatic heterocycles. The molecule has 0 aromatic heterocycles. The van der Waals surface area contributed by atoms with Crippen LogP contribution in [-0.4, -0.2) is 29.9 Å². The van der Waals surface area contributed by atoms with Crippen LogP contribution in [-0.2, 0) is 11.2 Å². The third-order valence-electron chi connectivity index (χ3n) is 5.00. The Morgan fingerprint density at radius 1 is 1.08 bits per heavy atom. The number of nitrogens with zero attached hydrogens (tertiary/aromatic N) is 1. The molecule has 2 aromatic rings. The summed E-state index contributed by atoms with van der Waals surface area (Å²) in [6.45, 7) is 1.54. The molecule has 0 saturated carbocycles. The normalized spacial score (nSPS) is 16.6. The van der Waals surface area contributed by atoms with Crippen molar-refractivity contribution in [2.24, 2.45) is 5.73 Å². The number of rotatable bonds is 5. The molecule has 2 aromatic carbocycles. The molecule has 0 spiro atoms. The monoisotopic (exact) mass is 340 g/mol. The zero-order chi connectivity index (χ0) is 17.6. The third-order valence-corrected chi connectivity index (χ3v) is 5.00. The van der Waals surface area contributed by atoms with Gasteiger partial charge in [0.1, 0.15) is 5.82 Å². The molecule has 0 bridgehead atoms. The van der Waals surface area contributed by atoms with Crippen molar-refractivity contribution in [3.8, 4) is 0 Å². The van der Waals surface area contributed by atoms with Gasteiger partial charge in [-0.15, -0.1) is 0 Å². The van der Waals surface area contributed by atoms with Crippen LogP contribution >= 0.6 is 0 Å². The topological polar surface area (TPSA) is 46.3 Å². The van der Waals surface area contributed by atoms with Crippen LogP contribution in [0.1, 0.15) is 36.3 Å². The van der Waals surface area contributed by atoms with Crippen LogP contribution in [0.15, 0.2) is 54.6 Å². The molecule has 1 aliphatic rings. The van der Waals surface area contributed by atoms with E-state index in [9.17, 15) is 9.18 Å². The number of likely N-dealkylation sites (tertiary alicyclic amines) is 1. The van der Waals surface area contributed by atoms with Crippen molar-refractivity contribution in [1.29, 1.82) is 0 Å². The molecule has 2 N–H and O–H groups in total. The number of amides is 1. The zero-order valence-electron chi connectivity index (χ0n) is 14.4. The Hall–Kier alpha value is -2.20. The average Bonchev–Trinajstić information content (AvgIpc) is 2.64. The summed E-state index contributed by atoms with van der Waals surface area (Å²) in [6.07, 6.45) is 2.62. The van der Waals surface area contributed by atoms with Crippen molar-refractivity contribution in [3.05, 3.63) is 71.5 Å². The Morgan fingerprint density at radius 3 is 2.40 bits per heavy atom. The lowest BCUT2D eigenvalue weighted by molar-refractivity contribution is -0.132. The molecule has 1 heterocycles. The Labute approximate surface area is 148 Å². The minimum atomic E-state index is -0.351. The summed E-state index contributed by atoms with van der Waals surface area (Å²) >= 11 is 0. The third kappa shape index (κ3) is 4.67. The molecule has 132 valence electrons. The molecular formula is C21H25FN2O. The quantitative estimate of drug-likeness (QED) is 0.906. The van der Waals surface area contributed by atoms with Gasteiger partial charge in [-0.05, 0) is 42.4 Å². The van der Waals surface area contributed by atoms with Crippen molar-refractivity contribution in [1.82, 2.24) is 4.90 Å². The molecule has 3 nitrogen and oxygen atoms in total. The lowest BCUT2D eigenvalue weighted by atomic mass is 9.89. The number of hydrogen-bond acceptors (Lipinski definition) is 2. The predicted molar refractivity (Wildman–Crippen MR) is 97.7 cm³/mol. The SMILES string of the molecule is N[C@@H](CC(=O)N1CCC(c2ccccc2)CC1)Cc1ccccc1F. The fourth-order valence-electron chi connectivity index (χ4n) is 3.56. The summed E-state index contributed by atoms with van der Waals surface area (Å²) in [7, 11) is 0. The fraction of sp³-hybridized carbons (Fsp3) is 0.381. The fourth-order valence-corrected chi connectivity index (χ4v) is 3.56. The molecule has 0 unspecified atom stereocenters. The van der Waals surface area contributed by atoms with Gasteiger partial charge in [-0.2, -0.15) is 0 Å². The summed E-state index contributed by atoms with van der Waals surface area (Å²) < 4.78 is 13.7. The lowest BCUT2D eigenvalue weighted by Crippen LogP contribution is -2.41. The number of hydrogen-bond donors (Lipinski definition) is 1. The second-order valence-electron chi connectivity index (χ2n) is 6.83. The van der Waals surface area contributed by atoms with E-state index in [0.29, 0.717) is 17.9 Å². The number of carbonyl (C=O) groups is 1. The van der Waals surface area contributed by atoms with E-state index in [-0.39, 0.29) is 24.2 Å². The van der Waals surface area contributed by atoms with E-state index in [1.807, 2.05) is 11.0 Å². The lowest BCUT2D eigenvalue weighted by Gasteiger charge is -2.33. The smallest absolute Gasteiger partial charge is 0.224 e. The van der Waals surface area contributed by atoms with Crippen LogP contribution < -0.4 is 5.73 Å². The van der Waals surface area contributed by atoms with E-state index >= 15 is 0 Å². The van der Waals surface area contributed by atoms with Gasteiger partial charge in [-0.25, -0.2) is 4.39 Å². The van der Waals surface area contributed by atoms with Gasteiger partial charge in [0.05, 0.1) is 0 Å². The van der Waals surface area contributed by atoms with Crippen LogP contribution in [0.25, 0.3) is 0 Å². The van der Waals surface area contributed by atoms with Gasteiger partial charge in [-0.3, -0.25) is 4.79 Å². The minimum absolute atomic E-state index is 0.0790.